The fraction of sp³-hybridized carbons (Fsp3) is 0.391. The number of hydrogen-bond acceptors (Lipinski definition) is 3. The number of rotatable bonds is 9. The molecular formula is C23H30N2O2S. The number of aryl methyl sites for hydroxylation is 1. The van der Waals surface area contributed by atoms with E-state index in [2.05, 4.69) is 5.32 Å². The van der Waals surface area contributed by atoms with Gasteiger partial charge in [-0.2, -0.15) is 0 Å². The van der Waals surface area contributed by atoms with Crippen LogP contribution in [0.5, 0.6) is 0 Å². The molecule has 5 heteroatoms. The van der Waals surface area contributed by atoms with Gasteiger partial charge >= 0.3 is 0 Å². The van der Waals surface area contributed by atoms with Crippen LogP contribution in [-0.4, -0.2) is 34.6 Å². The monoisotopic (exact) mass is 398 g/mol. The summed E-state index contributed by atoms with van der Waals surface area (Å²) < 4.78 is 0. The van der Waals surface area contributed by atoms with Crippen LogP contribution in [0, 0.1) is 6.92 Å². The Morgan fingerprint density at radius 1 is 1.04 bits per heavy atom. The van der Waals surface area contributed by atoms with Gasteiger partial charge in [0.2, 0.25) is 11.8 Å². The number of carbonyl (C=O) groups excluding carboxylic acids is 2. The van der Waals surface area contributed by atoms with E-state index in [1.54, 1.807) is 4.90 Å². The van der Waals surface area contributed by atoms with Gasteiger partial charge in [-0.05, 0) is 44.9 Å². The first-order valence-corrected chi connectivity index (χ1v) is 10.7. The van der Waals surface area contributed by atoms with E-state index in [0.717, 1.165) is 10.5 Å². The highest BCUT2D eigenvalue weighted by Gasteiger charge is 2.28. The van der Waals surface area contributed by atoms with E-state index >= 15 is 0 Å². The second-order valence-corrected chi connectivity index (χ2v) is 8.25. The van der Waals surface area contributed by atoms with Gasteiger partial charge in [-0.3, -0.25) is 9.59 Å². The summed E-state index contributed by atoms with van der Waals surface area (Å²) in [5.41, 5.74) is 2.20. The number of benzene rings is 2. The Bertz CT molecular complexity index is 760. The molecule has 0 heterocycles. The first-order chi connectivity index (χ1) is 13.4. The van der Waals surface area contributed by atoms with Gasteiger partial charge in [-0.25, -0.2) is 0 Å². The van der Waals surface area contributed by atoms with Crippen LogP contribution in [0.15, 0.2) is 59.5 Å². The lowest BCUT2D eigenvalue weighted by Gasteiger charge is -2.31. The Morgan fingerprint density at radius 3 is 2.25 bits per heavy atom. The molecule has 0 saturated carbocycles. The third-order valence-corrected chi connectivity index (χ3v) is 5.39. The quantitative estimate of drug-likeness (QED) is 0.636. The number of nitrogens with zero attached hydrogens (tertiary/aromatic N) is 1. The van der Waals surface area contributed by atoms with Crippen LogP contribution >= 0.6 is 11.8 Å². The first kappa shape index (κ1) is 22.0. The number of carbonyl (C=O) groups is 2. The highest BCUT2D eigenvalue weighted by atomic mass is 32.2. The van der Waals surface area contributed by atoms with Gasteiger partial charge in [-0.15, -0.1) is 11.8 Å². The predicted molar refractivity (Wildman–Crippen MR) is 116 cm³/mol. The molecule has 2 rings (SSSR count). The standard InChI is InChI=1S/C23H30N2O2S/c1-5-21(23(27)24-17(2)3)25(15-19-13-11-18(4)12-14-19)22(26)16-28-20-9-7-6-8-10-20/h6-14,17,21H,5,15-16H2,1-4H3,(H,24,27). The molecule has 0 fully saturated rings. The molecule has 28 heavy (non-hydrogen) atoms. The van der Waals surface area contributed by atoms with E-state index < -0.39 is 6.04 Å². The highest BCUT2D eigenvalue weighted by Crippen LogP contribution is 2.20. The summed E-state index contributed by atoms with van der Waals surface area (Å²) in [7, 11) is 0. The molecule has 0 radical (unpaired) electrons. The van der Waals surface area contributed by atoms with Crippen molar-refractivity contribution in [2.24, 2.45) is 0 Å². The maximum Gasteiger partial charge on any atom is 0.243 e. The SMILES string of the molecule is CCC(C(=O)NC(C)C)N(Cc1ccc(C)cc1)C(=O)CSc1ccccc1. The van der Waals surface area contributed by atoms with Crippen LogP contribution in [0.3, 0.4) is 0 Å². The summed E-state index contributed by atoms with van der Waals surface area (Å²) in [6.07, 6.45) is 0.576. The fourth-order valence-electron chi connectivity index (χ4n) is 2.94. The van der Waals surface area contributed by atoms with E-state index in [-0.39, 0.29) is 17.9 Å². The van der Waals surface area contributed by atoms with Crippen molar-refractivity contribution in [1.82, 2.24) is 10.2 Å². The molecule has 1 unspecified atom stereocenters. The molecule has 150 valence electrons. The summed E-state index contributed by atoms with van der Waals surface area (Å²) in [4.78, 5) is 28.6. The summed E-state index contributed by atoms with van der Waals surface area (Å²) in [5, 5.41) is 2.96. The molecule has 2 amide bonds. The minimum atomic E-state index is -0.479. The lowest BCUT2D eigenvalue weighted by atomic mass is 10.1. The molecule has 0 aromatic heterocycles. The van der Waals surface area contributed by atoms with Crippen LogP contribution in [0.1, 0.15) is 38.3 Å². The molecule has 4 nitrogen and oxygen atoms in total. The van der Waals surface area contributed by atoms with Crippen molar-refractivity contribution < 1.29 is 9.59 Å². The molecule has 0 saturated heterocycles. The second-order valence-electron chi connectivity index (χ2n) is 7.20. The summed E-state index contributed by atoms with van der Waals surface area (Å²) >= 11 is 1.50. The zero-order valence-electron chi connectivity index (χ0n) is 17.1. The summed E-state index contributed by atoms with van der Waals surface area (Å²) in [5.74, 6) is 0.185. The largest absolute Gasteiger partial charge is 0.352 e. The van der Waals surface area contributed by atoms with Gasteiger partial charge in [0.15, 0.2) is 0 Å². The van der Waals surface area contributed by atoms with E-state index in [4.69, 9.17) is 0 Å². The molecular weight excluding hydrogens is 368 g/mol. The molecule has 0 aliphatic heterocycles. The molecule has 1 N–H and O–H groups in total. The molecule has 0 spiro atoms. The Hall–Kier alpha value is -2.27. The smallest absolute Gasteiger partial charge is 0.243 e. The average Bonchev–Trinajstić information content (AvgIpc) is 2.67. The normalized spacial score (nSPS) is 11.9. The van der Waals surface area contributed by atoms with Crippen LogP contribution in [0.4, 0.5) is 0 Å². The first-order valence-electron chi connectivity index (χ1n) is 9.74. The van der Waals surface area contributed by atoms with Crippen LogP contribution in [0.25, 0.3) is 0 Å². The Kier molecular flexibility index (Phi) is 8.58. The molecule has 0 aliphatic rings. The van der Waals surface area contributed by atoms with E-state index in [1.807, 2.05) is 82.3 Å². The number of amides is 2. The van der Waals surface area contributed by atoms with Crippen molar-refractivity contribution in [3.05, 3.63) is 65.7 Å². The highest BCUT2D eigenvalue weighted by molar-refractivity contribution is 8.00. The zero-order chi connectivity index (χ0) is 20.5. The number of thioether (sulfide) groups is 1. The lowest BCUT2D eigenvalue weighted by molar-refractivity contribution is -0.139. The lowest BCUT2D eigenvalue weighted by Crippen LogP contribution is -2.50. The van der Waals surface area contributed by atoms with Gasteiger partial charge in [0.1, 0.15) is 6.04 Å². The fourth-order valence-corrected chi connectivity index (χ4v) is 3.74. The molecule has 0 bridgehead atoms. The molecule has 2 aromatic carbocycles. The Balaban J connectivity index is 2.18. The van der Waals surface area contributed by atoms with Crippen molar-refractivity contribution >= 4 is 23.6 Å². The summed E-state index contributed by atoms with van der Waals surface area (Å²) in [6.45, 7) is 8.28. The number of hydrogen-bond donors (Lipinski definition) is 1. The second kappa shape index (κ2) is 10.9. The maximum absolute atomic E-state index is 13.1. The molecule has 1 atom stereocenters. The van der Waals surface area contributed by atoms with Gasteiger partial charge in [-0.1, -0.05) is 55.0 Å². The van der Waals surface area contributed by atoms with Crippen molar-refractivity contribution in [2.45, 2.75) is 57.6 Å². The van der Waals surface area contributed by atoms with Crippen molar-refractivity contribution in [1.29, 1.82) is 0 Å². The van der Waals surface area contributed by atoms with E-state index in [0.29, 0.717) is 18.7 Å². The van der Waals surface area contributed by atoms with Crippen molar-refractivity contribution in [3.8, 4) is 0 Å². The van der Waals surface area contributed by atoms with Gasteiger partial charge in [0, 0.05) is 17.5 Å². The van der Waals surface area contributed by atoms with Crippen LogP contribution < -0.4 is 5.32 Å². The van der Waals surface area contributed by atoms with Crippen molar-refractivity contribution in [3.63, 3.8) is 0 Å². The summed E-state index contributed by atoms with van der Waals surface area (Å²) in [6, 6.07) is 17.5. The third-order valence-electron chi connectivity index (χ3n) is 4.40. The maximum atomic E-state index is 13.1. The number of nitrogens with one attached hydrogen (secondary N) is 1. The van der Waals surface area contributed by atoms with Crippen LogP contribution in [-0.2, 0) is 16.1 Å². The Labute approximate surface area is 172 Å². The van der Waals surface area contributed by atoms with Gasteiger partial charge in [0.05, 0.1) is 5.75 Å². The average molecular weight is 399 g/mol. The van der Waals surface area contributed by atoms with Crippen molar-refractivity contribution in [2.75, 3.05) is 5.75 Å². The van der Waals surface area contributed by atoms with E-state index in [9.17, 15) is 9.59 Å². The Morgan fingerprint density at radius 2 is 1.68 bits per heavy atom. The van der Waals surface area contributed by atoms with Gasteiger partial charge < -0.3 is 10.2 Å². The zero-order valence-corrected chi connectivity index (χ0v) is 18.0. The minimum Gasteiger partial charge on any atom is -0.352 e. The van der Waals surface area contributed by atoms with Gasteiger partial charge in [0.25, 0.3) is 0 Å². The molecule has 2 aromatic rings. The minimum absolute atomic E-state index is 0.0276. The van der Waals surface area contributed by atoms with Crippen LogP contribution in [0.2, 0.25) is 0 Å². The van der Waals surface area contributed by atoms with E-state index in [1.165, 1.54) is 17.3 Å². The predicted octanol–water partition coefficient (Wildman–Crippen LogP) is 4.42. The third kappa shape index (κ3) is 6.71. The topological polar surface area (TPSA) is 49.4 Å². The molecule has 0 aliphatic carbocycles.